The highest BCUT2D eigenvalue weighted by Crippen LogP contribution is 2.32. The third-order valence-corrected chi connectivity index (χ3v) is 6.18. The van der Waals surface area contributed by atoms with Crippen LogP contribution in [-0.4, -0.2) is 54.0 Å². The molecule has 0 aromatic heterocycles. The fourth-order valence-electron chi connectivity index (χ4n) is 3.10. The first-order chi connectivity index (χ1) is 10.6. The van der Waals surface area contributed by atoms with Crippen LogP contribution in [0.2, 0.25) is 0 Å². The predicted molar refractivity (Wildman–Crippen MR) is 82.4 cm³/mol. The third-order valence-electron chi connectivity index (χ3n) is 4.48. The van der Waals surface area contributed by atoms with Crippen LogP contribution < -0.4 is 5.32 Å². The van der Waals surface area contributed by atoms with Crippen LogP contribution >= 0.6 is 0 Å². The molecule has 3 atom stereocenters. The van der Waals surface area contributed by atoms with Crippen molar-refractivity contribution >= 4 is 21.8 Å². The topological polar surface area (TPSA) is 104 Å². The van der Waals surface area contributed by atoms with Crippen molar-refractivity contribution in [2.45, 2.75) is 31.5 Å². The van der Waals surface area contributed by atoms with E-state index in [2.05, 4.69) is 5.32 Å². The fourth-order valence-corrected chi connectivity index (χ4v) is 4.87. The number of carbonyl (C=O) groups is 2. The van der Waals surface area contributed by atoms with Gasteiger partial charge in [-0.3, -0.25) is 9.69 Å². The maximum absolute atomic E-state index is 12.8. The molecule has 2 saturated heterocycles. The lowest BCUT2D eigenvalue weighted by Crippen LogP contribution is -2.48. The monoisotopic (exact) mass is 338 g/mol. The van der Waals surface area contributed by atoms with Gasteiger partial charge in [-0.2, -0.15) is 0 Å². The van der Waals surface area contributed by atoms with Crippen molar-refractivity contribution in [2.24, 2.45) is 0 Å². The van der Waals surface area contributed by atoms with Gasteiger partial charge in [0.2, 0.25) is 0 Å². The summed E-state index contributed by atoms with van der Waals surface area (Å²) in [7, 11) is -3.46. The number of aryl methyl sites for hydroxylation is 1. The summed E-state index contributed by atoms with van der Waals surface area (Å²) in [5.41, 5.74) is 0.360. The number of carbonyl (C=O) groups excluding carboxylic acids is 2. The standard InChI is InChI=1S/C15H18N2O5S/c1-9-3-5-10(6-4-9)15(2)13(19)17(14(20)16-15)11-7-23(21,22)8-12(11)18/h3-6,11-12,18H,7-8H2,1-2H3,(H,16,20)/t11-,12+,15-/m1/s1. The molecule has 0 unspecified atom stereocenters. The molecule has 0 spiro atoms. The van der Waals surface area contributed by atoms with Crippen molar-refractivity contribution in [1.29, 1.82) is 0 Å². The van der Waals surface area contributed by atoms with E-state index in [1.54, 1.807) is 19.1 Å². The van der Waals surface area contributed by atoms with Crippen molar-refractivity contribution in [2.75, 3.05) is 11.5 Å². The summed E-state index contributed by atoms with van der Waals surface area (Å²) < 4.78 is 23.3. The number of hydrogen-bond acceptors (Lipinski definition) is 5. The molecule has 7 nitrogen and oxygen atoms in total. The first kappa shape index (κ1) is 15.9. The van der Waals surface area contributed by atoms with Gasteiger partial charge in [0, 0.05) is 0 Å². The highest BCUT2D eigenvalue weighted by molar-refractivity contribution is 7.91. The van der Waals surface area contributed by atoms with Crippen LogP contribution in [0.5, 0.6) is 0 Å². The third kappa shape index (κ3) is 2.51. The van der Waals surface area contributed by atoms with Crippen molar-refractivity contribution in [3.05, 3.63) is 35.4 Å². The van der Waals surface area contributed by atoms with Gasteiger partial charge in [-0.25, -0.2) is 13.2 Å². The maximum atomic E-state index is 12.8. The summed E-state index contributed by atoms with van der Waals surface area (Å²) in [6.07, 6.45) is -1.25. The Morgan fingerprint density at radius 2 is 1.83 bits per heavy atom. The molecule has 0 radical (unpaired) electrons. The van der Waals surface area contributed by atoms with Crippen LogP contribution in [0.3, 0.4) is 0 Å². The second-order valence-corrected chi connectivity index (χ2v) is 8.46. The number of urea groups is 1. The molecular weight excluding hydrogens is 320 g/mol. The smallest absolute Gasteiger partial charge is 0.325 e. The van der Waals surface area contributed by atoms with E-state index in [9.17, 15) is 23.1 Å². The summed E-state index contributed by atoms with van der Waals surface area (Å²) in [6.45, 7) is 3.49. The van der Waals surface area contributed by atoms with Crippen LogP contribution in [-0.2, 0) is 20.2 Å². The molecule has 1 aromatic rings. The summed E-state index contributed by atoms with van der Waals surface area (Å²) >= 11 is 0. The van der Waals surface area contributed by atoms with E-state index in [1.807, 2.05) is 19.1 Å². The SMILES string of the molecule is Cc1ccc([C@@]2(C)NC(=O)N([C@@H]3CS(=O)(=O)C[C@@H]3O)C2=O)cc1. The van der Waals surface area contributed by atoms with E-state index < -0.39 is 51.0 Å². The van der Waals surface area contributed by atoms with Crippen molar-refractivity contribution in [3.63, 3.8) is 0 Å². The van der Waals surface area contributed by atoms with Crippen molar-refractivity contribution < 1.29 is 23.1 Å². The summed E-state index contributed by atoms with van der Waals surface area (Å²) in [4.78, 5) is 25.9. The maximum Gasteiger partial charge on any atom is 0.325 e. The number of amides is 3. The van der Waals surface area contributed by atoms with Gasteiger partial charge in [0.25, 0.3) is 5.91 Å². The van der Waals surface area contributed by atoms with Crippen molar-refractivity contribution in [3.8, 4) is 0 Å². The van der Waals surface area contributed by atoms with Gasteiger partial charge in [0.1, 0.15) is 5.54 Å². The van der Waals surface area contributed by atoms with Crippen LogP contribution in [0.4, 0.5) is 4.79 Å². The number of imide groups is 1. The Kier molecular flexibility index (Phi) is 3.49. The molecule has 2 heterocycles. The predicted octanol–water partition coefficient (Wildman–Crippen LogP) is -0.0801. The van der Waals surface area contributed by atoms with Gasteiger partial charge in [-0.15, -0.1) is 0 Å². The molecule has 124 valence electrons. The van der Waals surface area contributed by atoms with E-state index in [1.165, 1.54) is 0 Å². The second kappa shape index (κ2) is 5.04. The minimum Gasteiger partial charge on any atom is -0.390 e. The number of aliphatic hydroxyl groups excluding tert-OH is 1. The molecule has 2 aliphatic heterocycles. The molecule has 2 aliphatic rings. The van der Waals surface area contributed by atoms with E-state index in [-0.39, 0.29) is 0 Å². The average Bonchev–Trinajstić information content (AvgIpc) is 2.84. The molecule has 3 amide bonds. The molecule has 2 fully saturated rings. The molecule has 0 bridgehead atoms. The number of rotatable bonds is 2. The first-order valence-corrected chi connectivity index (χ1v) is 9.08. The molecule has 8 heteroatoms. The molecule has 1 aromatic carbocycles. The fraction of sp³-hybridized carbons (Fsp3) is 0.467. The molecular formula is C15H18N2O5S. The van der Waals surface area contributed by atoms with Crippen molar-refractivity contribution in [1.82, 2.24) is 10.2 Å². The van der Waals surface area contributed by atoms with E-state index in [0.717, 1.165) is 10.5 Å². The van der Waals surface area contributed by atoms with Gasteiger partial charge in [-0.05, 0) is 19.4 Å². The molecule has 2 N–H and O–H groups in total. The Morgan fingerprint density at radius 1 is 1.22 bits per heavy atom. The highest BCUT2D eigenvalue weighted by Gasteiger charge is 2.55. The summed E-state index contributed by atoms with van der Waals surface area (Å²) in [6, 6.07) is 5.44. The van der Waals surface area contributed by atoms with Crippen LogP contribution in [0.25, 0.3) is 0 Å². The number of benzene rings is 1. The Balaban J connectivity index is 1.95. The normalized spacial score (nSPS) is 33.1. The van der Waals surface area contributed by atoms with Gasteiger partial charge in [0.05, 0.1) is 23.7 Å². The Labute approximate surface area is 134 Å². The van der Waals surface area contributed by atoms with Gasteiger partial charge < -0.3 is 10.4 Å². The zero-order chi connectivity index (χ0) is 17.0. The highest BCUT2D eigenvalue weighted by atomic mass is 32.2. The molecule has 0 aliphatic carbocycles. The summed E-state index contributed by atoms with van der Waals surface area (Å²) in [5, 5.41) is 12.6. The molecule has 0 saturated carbocycles. The number of aliphatic hydroxyl groups is 1. The van der Waals surface area contributed by atoms with E-state index >= 15 is 0 Å². The van der Waals surface area contributed by atoms with E-state index in [0.29, 0.717) is 5.56 Å². The first-order valence-electron chi connectivity index (χ1n) is 7.25. The number of sulfone groups is 1. The molecule has 3 rings (SSSR count). The number of nitrogens with one attached hydrogen (secondary N) is 1. The average molecular weight is 338 g/mol. The zero-order valence-electron chi connectivity index (χ0n) is 12.8. The molecule has 23 heavy (non-hydrogen) atoms. The quantitative estimate of drug-likeness (QED) is 0.734. The number of nitrogens with zero attached hydrogens (tertiary/aromatic N) is 1. The lowest BCUT2D eigenvalue weighted by molar-refractivity contribution is -0.133. The van der Waals surface area contributed by atoms with E-state index in [4.69, 9.17) is 0 Å². The Bertz CT molecular complexity index is 774. The lowest BCUT2D eigenvalue weighted by atomic mass is 9.91. The van der Waals surface area contributed by atoms with Crippen LogP contribution in [0.15, 0.2) is 24.3 Å². The van der Waals surface area contributed by atoms with Gasteiger partial charge in [0.15, 0.2) is 9.84 Å². The summed E-state index contributed by atoms with van der Waals surface area (Å²) in [5.74, 6) is -1.39. The van der Waals surface area contributed by atoms with Gasteiger partial charge >= 0.3 is 6.03 Å². The van der Waals surface area contributed by atoms with Gasteiger partial charge in [-0.1, -0.05) is 29.8 Å². The second-order valence-electron chi connectivity index (χ2n) is 6.31. The Hall–Kier alpha value is -1.93. The minimum atomic E-state index is -3.46. The Morgan fingerprint density at radius 3 is 2.35 bits per heavy atom. The van der Waals surface area contributed by atoms with Crippen LogP contribution in [0, 0.1) is 6.92 Å². The largest absolute Gasteiger partial charge is 0.390 e. The van der Waals surface area contributed by atoms with Crippen LogP contribution in [0.1, 0.15) is 18.1 Å². The lowest BCUT2D eigenvalue weighted by Gasteiger charge is -2.25. The zero-order valence-corrected chi connectivity index (χ0v) is 13.6. The number of hydrogen-bond donors (Lipinski definition) is 2. The minimum absolute atomic E-state index is 0.405.